The number of ether oxygens (including phenoxy) is 3. The number of nitrogens with one attached hydrogen (secondary N) is 2. The molecule has 0 heterocycles. The molecule has 194 valence electrons. The minimum Gasteiger partial charge on any atom is -0.483 e. The quantitative estimate of drug-likeness (QED) is 0.284. The molecule has 8 nitrogen and oxygen atoms in total. The van der Waals surface area contributed by atoms with Gasteiger partial charge in [0.25, 0.3) is 11.8 Å². The van der Waals surface area contributed by atoms with Gasteiger partial charge in [-0.15, -0.1) is 0 Å². The van der Waals surface area contributed by atoms with Crippen molar-refractivity contribution in [1.82, 2.24) is 0 Å². The molecule has 0 aromatic heterocycles. The first-order valence-electron chi connectivity index (χ1n) is 11.9. The molecule has 0 radical (unpaired) electrons. The number of benzene rings is 3. The van der Waals surface area contributed by atoms with Crippen LogP contribution in [0.2, 0.25) is 0 Å². The Bertz CT molecular complexity index is 1260. The van der Waals surface area contributed by atoms with E-state index in [1.165, 1.54) is 24.3 Å². The largest absolute Gasteiger partial charge is 0.513 e. The number of aryl methyl sites for hydroxylation is 1. The normalized spacial score (nSPS) is 10.8. The standard InChI is InChI=1S/C29H32N2O6/c1-6-35-28(34)37-23-13-11-20(12-14-23)27(33)31-22-9-7-8-21(17-22)30-26(32)18-36-25-15-10-19(2)16-24(25)29(3,4)5/h7-17H,6,18H2,1-5H3,(H,30,32)(H,31,33). The Morgan fingerprint density at radius 3 is 2.19 bits per heavy atom. The lowest BCUT2D eigenvalue weighted by Crippen LogP contribution is -2.22. The van der Waals surface area contributed by atoms with Crippen LogP contribution in [0.1, 0.15) is 49.2 Å². The van der Waals surface area contributed by atoms with Crippen molar-refractivity contribution >= 4 is 29.3 Å². The lowest BCUT2D eigenvalue weighted by molar-refractivity contribution is -0.118. The van der Waals surface area contributed by atoms with Crippen molar-refractivity contribution < 1.29 is 28.6 Å². The molecule has 0 aliphatic rings. The molecule has 3 aromatic carbocycles. The van der Waals surface area contributed by atoms with Crippen molar-refractivity contribution in [1.29, 1.82) is 0 Å². The third-order valence-electron chi connectivity index (χ3n) is 5.29. The molecule has 8 heteroatoms. The first kappa shape index (κ1) is 27.3. The highest BCUT2D eigenvalue weighted by Gasteiger charge is 2.20. The molecule has 0 saturated carbocycles. The maximum absolute atomic E-state index is 12.6. The molecule has 2 amide bonds. The zero-order valence-corrected chi connectivity index (χ0v) is 21.7. The van der Waals surface area contributed by atoms with Gasteiger partial charge in [-0.05, 0) is 73.4 Å². The fraction of sp³-hybridized carbons (Fsp3) is 0.276. The summed E-state index contributed by atoms with van der Waals surface area (Å²) >= 11 is 0. The molecular weight excluding hydrogens is 472 g/mol. The highest BCUT2D eigenvalue weighted by Crippen LogP contribution is 2.32. The minimum absolute atomic E-state index is 0.126. The van der Waals surface area contributed by atoms with Gasteiger partial charge in [0.1, 0.15) is 11.5 Å². The van der Waals surface area contributed by atoms with E-state index in [2.05, 4.69) is 37.5 Å². The van der Waals surface area contributed by atoms with E-state index in [0.29, 0.717) is 22.7 Å². The van der Waals surface area contributed by atoms with Crippen LogP contribution in [0.3, 0.4) is 0 Å². The van der Waals surface area contributed by atoms with E-state index in [1.807, 2.05) is 19.1 Å². The van der Waals surface area contributed by atoms with E-state index in [-0.39, 0.29) is 36.2 Å². The van der Waals surface area contributed by atoms with E-state index in [1.54, 1.807) is 31.2 Å². The zero-order valence-electron chi connectivity index (χ0n) is 21.7. The molecule has 0 bridgehead atoms. The van der Waals surface area contributed by atoms with Gasteiger partial charge < -0.3 is 24.8 Å². The lowest BCUT2D eigenvalue weighted by Gasteiger charge is -2.23. The molecule has 2 N–H and O–H groups in total. The second-order valence-corrected chi connectivity index (χ2v) is 9.43. The summed E-state index contributed by atoms with van der Waals surface area (Å²) in [5.41, 5.74) is 3.42. The molecule has 37 heavy (non-hydrogen) atoms. The lowest BCUT2D eigenvalue weighted by atomic mass is 9.85. The average molecular weight is 505 g/mol. The minimum atomic E-state index is -0.808. The van der Waals surface area contributed by atoms with Crippen LogP contribution in [0.5, 0.6) is 11.5 Å². The second kappa shape index (κ2) is 12.1. The van der Waals surface area contributed by atoms with Crippen LogP contribution < -0.4 is 20.1 Å². The van der Waals surface area contributed by atoms with Crippen molar-refractivity contribution in [3.05, 3.63) is 83.4 Å². The van der Waals surface area contributed by atoms with Gasteiger partial charge in [-0.25, -0.2) is 4.79 Å². The monoisotopic (exact) mass is 504 g/mol. The number of carbonyl (C=O) groups is 3. The van der Waals surface area contributed by atoms with E-state index >= 15 is 0 Å². The second-order valence-electron chi connectivity index (χ2n) is 9.43. The van der Waals surface area contributed by atoms with Crippen LogP contribution in [0, 0.1) is 6.92 Å². The molecular formula is C29H32N2O6. The van der Waals surface area contributed by atoms with Gasteiger partial charge in [0.2, 0.25) is 0 Å². The zero-order chi connectivity index (χ0) is 27.0. The van der Waals surface area contributed by atoms with Gasteiger partial charge in [-0.2, -0.15) is 0 Å². The molecule has 0 aliphatic heterocycles. The highest BCUT2D eigenvalue weighted by atomic mass is 16.7. The Balaban J connectivity index is 1.58. The van der Waals surface area contributed by atoms with Gasteiger partial charge in [0, 0.05) is 16.9 Å². The number of hydrogen-bond donors (Lipinski definition) is 2. The summed E-state index contributed by atoms with van der Waals surface area (Å²) < 4.78 is 15.5. The summed E-state index contributed by atoms with van der Waals surface area (Å²) in [4.78, 5) is 36.6. The first-order valence-corrected chi connectivity index (χ1v) is 11.9. The van der Waals surface area contributed by atoms with Crippen LogP contribution in [-0.2, 0) is 14.9 Å². The van der Waals surface area contributed by atoms with E-state index < -0.39 is 6.16 Å². The topological polar surface area (TPSA) is 103 Å². The SMILES string of the molecule is CCOC(=O)Oc1ccc(C(=O)Nc2cccc(NC(=O)COc3ccc(C)cc3C(C)(C)C)c2)cc1. The van der Waals surface area contributed by atoms with Gasteiger partial charge in [0.05, 0.1) is 6.61 Å². The molecule has 0 spiro atoms. The highest BCUT2D eigenvalue weighted by molar-refractivity contribution is 6.04. The predicted octanol–water partition coefficient (Wildman–Crippen LogP) is 6.10. The number of carbonyl (C=O) groups excluding carboxylic acids is 3. The smallest absolute Gasteiger partial charge is 0.483 e. The molecule has 3 aromatic rings. The Kier molecular flexibility index (Phi) is 8.90. The van der Waals surface area contributed by atoms with Gasteiger partial charge in [-0.3, -0.25) is 9.59 Å². The van der Waals surface area contributed by atoms with Crippen molar-refractivity contribution in [3.8, 4) is 11.5 Å². The predicted molar refractivity (Wildman–Crippen MR) is 142 cm³/mol. The van der Waals surface area contributed by atoms with Gasteiger partial charge in [-0.1, -0.05) is 44.5 Å². The van der Waals surface area contributed by atoms with E-state index in [0.717, 1.165) is 11.1 Å². The fourth-order valence-electron chi connectivity index (χ4n) is 3.49. The Hall–Kier alpha value is -4.33. The molecule has 3 rings (SSSR count). The number of anilines is 2. The summed E-state index contributed by atoms with van der Waals surface area (Å²) in [5.74, 6) is 0.264. The van der Waals surface area contributed by atoms with Crippen LogP contribution >= 0.6 is 0 Å². The Morgan fingerprint density at radius 1 is 0.865 bits per heavy atom. The fourth-order valence-corrected chi connectivity index (χ4v) is 3.49. The van der Waals surface area contributed by atoms with Crippen molar-refractivity contribution in [2.24, 2.45) is 0 Å². The summed E-state index contributed by atoms with van der Waals surface area (Å²) in [5, 5.41) is 5.58. The van der Waals surface area contributed by atoms with Gasteiger partial charge >= 0.3 is 6.16 Å². The van der Waals surface area contributed by atoms with Crippen molar-refractivity contribution in [2.45, 2.75) is 40.0 Å². The molecule has 0 fully saturated rings. The van der Waals surface area contributed by atoms with Crippen molar-refractivity contribution in [3.63, 3.8) is 0 Å². The maximum Gasteiger partial charge on any atom is 0.513 e. The average Bonchev–Trinajstić information content (AvgIpc) is 2.83. The number of hydrogen-bond acceptors (Lipinski definition) is 6. The third-order valence-corrected chi connectivity index (χ3v) is 5.29. The maximum atomic E-state index is 12.6. The number of rotatable bonds is 8. The first-order chi connectivity index (χ1) is 17.5. The van der Waals surface area contributed by atoms with Crippen LogP contribution in [-0.4, -0.2) is 31.2 Å². The molecule has 0 atom stereocenters. The van der Waals surface area contributed by atoms with Crippen molar-refractivity contribution in [2.75, 3.05) is 23.8 Å². The summed E-state index contributed by atoms with van der Waals surface area (Å²) in [6, 6.07) is 18.8. The Morgan fingerprint density at radius 2 is 1.54 bits per heavy atom. The van der Waals surface area contributed by atoms with Gasteiger partial charge in [0.15, 0.2) is 6.61 Å². The van der Waals surface area contributed by atoms with Crippen LogP contribution in [0.25, 0.3) is 0 Å². The summed E-state index contributed by atoms with van der Waals surface area (Å²) in [6.45, 7) is 10.0. The summed E-state index contributed by atoms with van der Waals surface area (Å²) in [7, 11) is 0. The van der Waals surface area contributed by atoms with Crippen LogP contribution in [0.4, 0.5) is 16.2 Å². The molecule has 0 unspecified atom stereocenters. The third kappa shape index (κ3) is 8.10. The van der Waals surface area contributed by atoms with E-state index in [9.17, 15) is 14.4 Å². The summed E-state index contributed by atoms with van der Waals surface area (Å²) in [6.07, 6.45) is -0.808. The Labute approximate surface area is 216 Å². The molecule has 0 aliphatic carbocycles. The van der Waals surface area contributed by atoms with E-state index in [4.69, 9.17) is 14.2 Å². The van der Waals surface area contributed by atoms with Crippen LogP contribution in [0.15, 0.2) is 66.7 Å². The molecule has 0 saturated heterocycles. The number of amides is 2.